The topological polar surface area (TPSA) is 90.9 Å². The van der Waals surface area contributed by atoms with Crippen LogP contribution in [0.2, 0.25) is 0 Å². The molecule has 8 nitrogen and oxygen atoms in total. The van der Waals surface area contributed by atoms with Crippen molar-refractivity contribution in [1.82, 2.24) is 34.3 Å². The Morgan fingerprint density at radius 2 is 1.83 bits per heavy atom. The molecule has 5 aromatic rings. The summed E-state index contributed by atoms with van der Waals surface area (Å²) in [6, 6.07) is 11.1. The first-order chi connectivity index (χ1) is 14.4. The second-order valence-corrected chi connectivity index (χ2v) is 10.6. The second-order valence-electron chi connectivity index (χ2n) is 7.39. The highest BCUT2D eigenvalue weighted by Gasteiger charge is 2.14. The first-order valence-corrected chi connectivity index (χ1v) is 11.8. The second kappa shape index (κ2) is 6.81. The van der Waals surface area contributed by atoms with Crippen molar-refractivity contribution in [3.8, 4) is 11.3 Å². The van der Waals surface area contributed by atoms with Gasteiger partial charge in [0.25, 0.3) is 0 Å². The van der Waals surface area contributed by atoms with Gasteiger partial charge in [-0.2, -0.15) is 4.39 Å². The van der Waals surface area contributed by atoms with Crippen molar-refractivity contribution in [3.05, 3.63) is 66.5 Å². The van der Waals surface area contributed by atoms with E-state index in [0.29, 0.717) is 29.2 Å². The Bertz CT molecular complexity index is 1440. The molecule has 0 aliphatic carbocycles. The van der Waals surface area contributed by atoms with Crippen LogP contribution in [0.3, 0.4) is 0 Å². The van der Waals surface area contributed by atoms with Crippen LogP contribution < -0.4 is 5.30 Å². The molecule has 0 amide bonds. The van der Waals surface area contributed by atoms with Gasteiger partial charge in [0.2, 0.25) is 11.6 Å². The lowest BCUT2D eigenvalue weighted by molar-refractivity contribution is 0.570. The Labute approximate surface area is 170 Å². The summed E-state index contributed by atoms with van der Waals surface area (Å²) < 4.78 is 29.1. The van der Waals surface area contributed by atoms with Gasteiger partial charge in [-0.05, 0) is 25.0 Å². The fourth-order valence-electron chi connectivity index (χ4n) is 3.25. The van der Waals surface area contributed by atoms with Crippen LogP contribution in [-0.2, 0) is 11.1 Å². The van der Waals surface area contributed by atoms with Crippen LogP contribution in [0.1, 0.15) is 5.56 Å². The SMILES string of the molecule is CP(C)(=O)c1ccc(-c2cnc3nnn(Cc4ccc5ncc(F)n5c4)c3n2)cc1. The molecule has 4 aromatic heterocycles. The number of halogens is 1. The van der Waals surface area contributed by atoms with Crippen molar-refractivity contribution >= 4 is 29.4 Å². The molecule has 0 aliphatic heterocycles. The van der Waals surface area contributed by atoms with Gasteiger partial charge in [-0.3, -0.25) is 4.40 Å². The minimum Gasteiger partial charge on any atom is -0.319 e. The first kappa shape index (κ1) is 18.6. The van der Waals surface area contributed by atoms with E-state index in [1.54, 1.807) is 36.5 Å². The van der Waals surface area contributed by atoms with Gasteiger partial charge in [0.15, 0.2) is 5.65 Å². The number of benzene rings is 1. The lowest BCUT2D eigenvalue weighted by atomic mass is 10.2. The zero-order valence-corrected chi connectivity index (χ0v) is 17.2. The summed E-state index contributed by atoms with van der Waals surface area (Å²) in [5.74, 6) is -0.426. The van der Waals surface area contributed by atoms with E-state index in [-0.39, 0.29) is 0 Å². The molecule has 5 rings (SSSR count). The van der Waals surface area contributed by atoms with E-state index in [9.17, 15) is 8.96 Å². The van der Waals surface area contributed by atoms with E-state index in [2.05, 4.69) is 25.3 Å². The van der Waals surface area contributed by atoms with E-state index in [1.807, 2.05) is 30.3 Å². The Morgan fingerprint density at radius 1 is 1.03 bits per heavy atom. The van der Waals surface area contributed by atoms with Crippen molar-refractivity contribution in [2.24, 2.45) is 0 Å². The molecule has 0 aliphatic rings. The summed E-state index contributed by atoms with van der Waals surface area (Å²) in [4.78, 5) is 13.0. The summed E-state index contributed by atoms with van der Waals surface area (Å²) in [5.41, 5.74) is 3.83. The van der Waals surface area contributed by atoms with E-state index in [0.717, 1.165) is 16.4 Å². The quantitative estimate of drug-likeness (QED) is 0.415. The highest BCUT2D eigenvalue weighted by molar-refractivity contribution is 7.70. The van der Waals surface area contributed by atoms with Crippen molar-refractivity contribution in [2.45, 2.75) is 6.54 Å². The maximum absolute atomic E-state index is 13.8. The number of hydrogen-bond donors (Lipinski definition) is 0. The van der Waals surface area contributed by atoms with Gasteiger partial charge in [0.05, 0.1) is 24.6 Å². The number of imidazole rings is 1. The van der Waals surface area contributed by atoms with Crippen molar-refractivity contribution in [1.29, 1.82) is 0 Å². The van der Waals surface area contributed by atoms with Gasteiger partial charge < -0.3 is 4.57 Å². The molecule has 0 bridgehead atoms. The molecule has 0 radical (unpaired) electrons. The zero-order valence-electron chi connectivity index (χ0n) is 16.3. The van der Waals surface area contributed by atoms with Crippen LogP contribution in [0.5, 0.6) is 0 Å². The molecular weight excluding hydrogens is 404 g/mol. The summed E-state index contributed by atoms with van der Waals surface area (Å²) in [6.45, 7) is 3.84. The van der Waals surface area contributed by atoms with Gasteiger partial charge >= 0.3 is 0 Å². The summed E-state index contributed by atoms with van der Waals surface area (Å²) in [7, 11) is -2.32. The Kier molecular flexibility index (Phi) is 4.22. The highest BCUT2D eigenvalue weighted by atomic mass is 31.2. The average Bonchev–Trinajstić information content (AvgIpc) is 3.31. The van der Waals surface area contributed by atoms with E-state index < -0.39 is 13.1 Å². The third kappa shape index (κ3) is 3.27. The number of hydrogen-bond acceptors (Lipinski definition) is 6. The predicted octanol–water partition coefficient (Wildman–Crippen LogP) is 2.97. The van der Waals surface area contributed by atoms with Crippen LogP contribution in [0, 0.1) is 5.95 Å². The maximum atomic E-state index is 13.8. The largest absolute Gasteiger partial charge is 0.319 e. The van der Waals surface area contributed by atoms with Gasteiger partial charge in [-0.1, -0.05) is 35.5 Å². The fourth-order valence-corrected chi connectivity index (χ4v) is 4.12. The number of pyridine rings is 1. The van der Waals surface area contributed by atoms with Gasteiger partial charge in [0, 0.05) is 17.1 Å². The molecule has 0 saturated heterocycles. The van der Waals surface area contributed by atoms with Gasteiger partial charge in [0.1, 0.15) is 12.8 Å². The van der Waals surface area contributed by atoms with Crippen LogP contribution in [0.25, 0.3) is 28.2 Å². The molecule has 0 atom stereocenters. The van der Waals surface area contributed by atoms with Gasteiger partial charge in [-0.25, -0.2) is 19.6 Å². The molecule has 150 valence electrons. The monoisotopic (exact) mass is 421 g/mol. The summed E-state index contributed by atoms with van der Waals surface area (Å²) in [5, 5.41) is 9.04. The normalized spacial score (nSPS) is 12.1. The number of aromatic nitrogens is 7. The molecule has 10 heteroatoms. The third-order valence-electron chi connectivity index (χ3n) is 4.87. The minimum absolute atomic E-state index is 0.357. The molecule has 0 saturated carbocycles. The average molecular weight is 421 g/mol. The third-order valence-corrected chi connectivity index (χ3v) is 6.41. The van der Waals surface area contributed by atoms with Crippen molar-refractivity contribution < 1.29 is 8.96 Å². The molecule has 1 aromatic carbocycles. The molecule has 0 spiro atoms. The van der Waals surface area contributed by atoms with Crippen molar-refractivity contribution in [2.75, 3.05) is 13.3 Å². The fraction of sp³-hybridized carbons (Fsp3) is 0.150. The van der Waals surface area contributed by atoms with Crippen LogP contribution in [0.15, 0.2) is 55.0 Å². The molecule has 0 unspecified atom stereocenters. The molecular formula is C20H17FN7OP. The Morgan fingerprint density at radius 3 is 2.60 bits per heavy atom. The van der Waals surface area contributed by atoms with E-state index >= 15 is 0 Å². The van der Waals surface area contributed by atoms with E-state index in [4.69, 9.17) is 0 Å². The van der Waals surface area contributed by atoms with Gasteiger partial charge in [-0.15, -0.1) is 5.10 Å². The highest BCUT2D eigenvalue weighted by Crippen LogP contribution is 2.34. The molecule has 0 N–H and O–H groups in total. The molecule has 4 heterocycles. The smallest absolute Gasteiger partial charge is 0.221 e. The van der Waals surface area contributed by atoms with Crippen LogP contribution in [0.4, 0.5) is 4.39 Å². The summed E-state index contributed by atoms with van der Waals surface area (Å²) in [6.07, 6.45) is 4.50. The zero-order chi connectivity index (χ0) is 20.9. The van der Waals surface area contributed by atoms with Crippen LogP contribution >= 0.6 is 7.14 Å². The number of nitrogens with zero attached hydrogens (tertiary/aromatic N) is 7. The Hall–Kier alpha value is -3.45. The maximum Gasteiger partial charge on any atom is 0.221 e. The Balaban J connectivity index is 1.51. The standard InChI is InChI=1S/C20H17FN7OP/c1-30(2,29)15-6-4-14(5-7-15)16-9-23-19-20(24-16)28(26-25-19)12-13-3-8-18-22-10-17(21)27(18)11-13/h3-11H,12H2,1-2H3. The molecule has 0 fully saturated rings. The minimum atomic E-state index is -2.32. The van der Waals surface area contributed by atoms with Crippen LogP contribution in [-0.4, -0.2) is 47.7 Å². The lowest BCUT2D eigenvalue weighted by Gasteiger charge is -2.08. The number of rotatable bonds is 4. The summed E-state index contributed by atoms with van der Waals surface area (Å²) >= 11 is 0. The predicted molar refractivity (Wildman–Crippen MR) is 112 cm³/mol. The lowest BCUT2D eigenvalue weighted by Crippen LogP contribution is -2.05. The van der Waals surface area contributed by atoms with E-state index in [1.165, 1.54) is 10.6 Å². The first-order valence-electron chi connectivity index (χ1n) is 9.22. The van der Waals surface area contributed by atoms with Crippen molar-refractivity contribution in [3.63, 3.8) is 0 Å². The number of fused-ring (bicyclic) bond motifs is 2. The molecule has 30 heavy (non-hydrogen) atoms.